The number of benzene rings is 2. The Hall–Kier alpha value is -2.55. The summed E-state index contributed by atoms with van der Waals surface area (Å²) in [5.41, 5.74) is 6.90. The number of fused-ring (bicyclic) bond motifs is 2. The molecule has 2 aromatic carbocycles. The second kappa shape index (κ2) is 5.27. The zero-order valence-corrected chi connectivity index (χ0v) is 13.5. The molecule has 1 amide bonds. The Morgan fingerprint density at radius 1 is 1.13 bits per heavy atom. The van der Waals surface area contributed by atoms with Crippen LogP contribution in [-0.4, -0.2) is 17.4 Å². The van der Waals surface area contributed by atoms with Crippen molar-refractivity contribution in [2.24, 2.45) is 0 Å². The summed E-state index contributed by atoms with van der Waals surface area (Å²) < 4.78 is 0. The van der Waals surface area contributed by atoms with E-state index in [1.165, 1.54) is 11.1 Å². The lowest BCUT2D eigenvalue weighted by Crippen LogP contribution is -2.31. The number of H-pyrrole nitrogens is 1. The van der Waals surface area contributed by atoms with Crippen LogP contribution in [0.4, 0.5) is 5.69 Å². The average molecular weight is 304 g/mol. The van der Waals surface area contributed by atoms with Gasteiger partial charge in [0.1, 0.15) is 0 Å². The van der Waals surface area contributed by atoms with Gasteiger partial charge in [0.05, 0.1) is 6.42 Å². The van der Waals surface area contributed by atoms with Crippen LogP contribution in [0.5, 0.6) is 0 Å². The minimum absolute atomic E-state index is 0.186. The Kier molecular flexibility index (Phi) is 3.22. The molecule has 3 aromatic rings. The van der Waals surface area contributed by atoms with E-state index in [0.717, 1.165) is 40.8 Å². The molecule has 0 saturated carbocycles. The van der Waals surface area contributed by atoms with Crippen molar-refractivity contribution in [3.05, 3.63) is 64.8 Å². The molecule has 23 heavy (non-hydrogen) atoms. The fraction of sp³-hybridized carbons (Fsp3) is 0.250. The largest absolute Gasteiger partial charge is 0.358 e. The maximum Gasteiger partial charge on any atom is 0.231 e. The Labute approximate surface area is 135 Å². The highest BCUT2D eigenvalue weighted by molar-refractivity contribution is 6.00. The third-order valence-corrected chi connectivity index (χ3v) is 4.85. The van der Waals surface area contributed by atoms with Crippen molar-refractivity contribution in [1.82, 2.24) is 4.98 Å². The molecule has 3 heteroatoms. The lowest BCUT2D eigenvalue weighted by atomic mass is 10.1. The van der Waals surface area contributed by atoms with Crippen LogP contribution in [0.15, 0.2) is 42.5 Å². The van der Waals surface area contributed by atoms with Crippen LogP contribution in [0.25, 0.3) is 10.9 Å². The Bertz CT molecular complexity index is 907. The molecule has 1 N–H and O–H groups in total. The number of carbonyl (C=O) groups is 1. The third kappa shape index (κ3) is 2.24. The summed E-state index contributed by atoms with van der Waals surface area (Å²) >= 11 is 0. The lowest BCUT2D eigenvalue weighted by Gasteiger charge is -2.19. The number of aryl methyl sites for hydroxylation is 2. The van der Waals surface area contributed by atoms with Crippen LogP contribution in [0, 0.1) is 13.8 Å². The summed E-state index contributed by atoms with van der Waals surface area (Å²) in [6.45, 7) is 4.92. The van der Waals surface area contributed by atoms with Crippen molar-refractivity contribution < 1.29 is 4.79 Å². The van der Waals surface area contributed by atoms with Gasteiger partial charge in [-0.25, -0.2) is 0 Å². The standard InChI is InChI=1S/C20H20N2O/c1-13-6-5-7-15-10-11-22(20(13)15)19(23)12-17-14(2)21-18-9-4-3-8-16(17)18/h3-9,21H,10-12H2,1-2H3. The molecule has 0 spiro atoms. The summed E-state index contributed by atoms with van der Waals surface area (Å²) in [5, 5.41) is 1.16. The molecule has 116 valence electrons. The van der Waals surface area contributed by atoms with Gasteiger partial charge in [0.25, 0.3) is 0 Å². The zero-order valence-electron chi connectivity index (χ0n) is 13.5. The van der Waals surface area contributed by atoms with Crippen LogP contribution < -0.4 is 4.90 Å². The number of nitrogens with one attached hydrogen (secondary N) is 1. The molecular formula is C20H20N2O. The number of aromatic amines is 1. The number of hydrogen-bond acceptors (Lipinski definition) is 1. The predicted octanol–water partition coefficient (Wildman–Crippen LogP) is 3.92. The summed E-state index contributed by atoms with van der Waals surface area (Å²) in [6, 6.07) is 14.5. The highest BCUT2D eigenvalue weighted by atomic mass is 16.2. The van der Waals surface area contributed by atoms with E-state index in [9.17, 15) is 4.79 Å². The van der Waals surface area contributed by atoms with E-state index < -0.39 is 0 Å². The molecule has 0 atom stereocenters. The van der Waals surface area contributed by atoms with Gasteiger partial charge in [-0.1, -0.05) is 36.4 Å². The number of carbonyl (C=O) groups excluding carboxylic acids is 1. The molecule has 0 fully saturated rings. The molecule has 4 rings (SSSR count). The highest BCUT2D eigenvalue weighted by Gasteiger charge is 2.26. The van der Waals surface area contributed by atoms with Gasteiger partial charge < -0.3 is 9.88 Å². The third-order valence-electron chi connectivity index (χ3n) is 4.85. The Morgan fingerprint density at radius 3 is 2.83 bits per heavy atom. The number of rotatable bonds is 2. The van der Waals surface area contributed by atoms with Gasteiger partial charge in [-0.2, -0.15) is 0 Å². The van der Waals surface area contributed by atoms with E-state index >= 15 is 0 Å². The number of aromatic nitrogens is 1. The Morgan fingerprint density at radius 2 is 1.96 bits per heavy atom. The topological polar surface area (TPSA) is 36.1 Å². The summed E-state index contributed by atoms with van der Waals surface area (Å²) in [5.74, 6) is 0.186. The minimum atomic E-state index is 0.186. The number of para-hydroxylation sites is 2. The van der Waals surface area contributed by atoms with Crippen molar-refractivity contribution in [3.63, 3.8) is 0 Å². The van der Waals surface area contributed by atoms with Crippen LogP contribution in [0.1, 0.15) is 22.4 Å². The minimum Gasteiger partial charge on any atom is -0.358 e. The van der Waals surface area contributed by atoms with Crippen molar-refractivity contribution in [2.75, 3.05) is 11.4 Å². The van der Waals surface area contributed by atoms with Crippen molar-refractivity contribution >= 4 is 22.5 Å². The van der Waals surface area contributed by atoms with Crippen molar-refractivity contribution in [2.45, 2.75) is 26.7 Å². The van der Waals surface area contributed by atoms with Gasteiger partial charge in [0.2, 0.25) is 5.91 Å². The SMILES string of the molecule is Cc1cccc2c1N(C(=O)Cc1c(C)[nH]c3ccccc13)CC2. The monoisotopic (exact) mass is 304 g/mol. The van der Waals surface area contributed by atoms with Crippen LogP contribution in [-0.2, 0) is 17.6 Å². The van der Waals surface area contributed by atoms with Crippen molar-refractivity contribution in [1.29, 1.82) is 0 Å². The van der Waals surface area contributed by atoms with Gasteiger partial charge in [-0.3, -0.25) is 4.79 Å². The molecule has 1 aliphatic rings. The molecular weight excluding hydrogens is 284 g/mol. The summed E-state index contributed by atoms with van der Waals surface area (Å²) in [6.07, 6.45) is 1.40. The van der Waals surface area contributed by atoms with Gasteiger partial charge in [-0.05, 0) is 43.0 Å². The van der Waals surface area contributed by atoms with Gasteiger partial charge in [0.15, 0.2) is 0 Å². The molecule has 0 aliphatic carbocycles. The van der Waals surface area contributed by atoms with Crippen molar-refractivity contribution in [3.8, 4) is 0 Å². The lowest BCUT2D eigenvalue weighted by molar-refractivity contribution is -0.117. The summed E-state index contributed by atoms with van der Waals surface area (Å²) in [7, 11) is 0. The first-order chi connectivity index (χ1) is 11.1. The van der Waals surface area contributed by atoms with Gasteiger partial charge in [0, 0.05) is 28.8 Å². The molecule has 2 heterocycles. The number of amides is 1. The van der Waals surface area contributed by atoms with Crippen LogP contribution in [0.2, 0.25) is 0 Å². The smallest absolute Gasteiger partial charge is 0.231 e. The fourth-order valence-electron chi connectivity index (χ4n) is 3.71. The first kappa shape index (κ1) is 14.1. The molecule has 0 unspecified atom stereocenters. The maximum atomic E-state index is 12.9. The summed E-state index contributed by atoms with van der Waals surface area (Å²) in [4.78, 5) is 18.3. The van der Waals surface area contributed by atoms with E-state index in [1.807, 2.05) is 24.0 Å². The van der Waals surface area contributed by atoms with Gasteiger partial charge >= 0.3 is 0 Å². The first-order valence-corrected chi connectivity index (χ1v) is 8.10. The number of anilines is 1. The normalized spacial score (nSPS) is 13.6. The van der Waals surface area contributed by atoms with E-state index in [4.69, 9.17) is 0 Å². The quantitative estimate of drug-likeness (QED) is 0.765. The van der Waals surface area contributed by atoms with E-state index in [0.29, 0.717) is 6.42 Å². The number of hydrogen-bond donors (Lipinski definition) is 1. The maximum absolute atomic E-state index is 12.9. The van der Waals surface area contributed by atoms with Gasteiger partial charge in [-0.15, -0.1) is 0 Å². The zero-order chi connectivity index (χ0) is 16.0. The molecule has 0 radical (unpaired) electrons. The van der Waals surface area contributed by atoms with E-state index in [-0.39, 0.29) is 5.91 Å². The van der Waals surface area contributed by atoms with E-state index in [1.54, 1.807) is 0 Å². The first-order valence-electron chi connectivity index (χ1n) is 8.10. The fourth-order valence-corrected chi connectivity index (χ4v) is 3.71. The predicted molar refractivity (Wildman–Crippen MR) is 94.0 cm³/mol. The molecule has 3 nitrogen and oxygen atoms in total. The van der Waals surface area contributed by atoms with Crippen LogP contribution in [0.3, 0.4) is 0 Å². The second-order valence-corrected chi connectivity index (χ2v) is 6.33. The molecule has 1 aromatic heterocycles. The molecule has 0 saturated heterocycles. The number of nitrogens with zero attached hydrogens (tertiary/aromatic N) is 1. The van der Waals surface area contributed by atoms with Crippen LogP contribution >= 0.6 is 0 Å². The van der Waals surface area contributed by atoms with E-state index in [2.05, 4.69) is 42.2 Å². The molecule has 1 aliphatic heterocycles. The highest BCUT2D eigenvalue weighted by Crippen LogP contribution is 2.32. The molecule has 0 bridgehead atoms. The average Bonchev–Trinajstić information content (AvgIpc) is 3.10. The Balaban J connectivity index is 1.68. The second-order valence-electron chi connectivity index (χ2n) is 6.33.